The second-order valence-corrected chi connectivity index (χ2v) is 7.16. The number of rotatable bonds is 4. The second-order valence-electron chi connectivity index (χ2n) is 7.16. The summed E-state index contributed by atoms with van der Waals surface area (Å²) >= 11 is 0. The van der Waals surface area contributed by atoms with Crippen LogP contribution in [0.3, 0.4) is 0 Å². The number of anilines is 1. The standard InChI is InChI=1S/C22H21NO7/c1-12-5-7-15-14(9-12)11-22(2,30-20(15)26)21(27)23-17-10-13(18(24)28-3)6-8-16(17)19(25)29-4/h5-10H,11H2,1-4H3,(H,23,27)/t22-/m0/s1. The average molecular weight is 411 g/mol. The summed E-state index contributed by atoms with van der Waals surface area (Å²) in [6.45, 7) is 3.38. The van der Waals surface area contributed by atoms with Crippen LogP contribution in [0.5, 0.6) is 0 Å². The quantitative estimate of drug-likeness (QED) is 0.609. The van der Waals surface area contributed by atoms with Crippen molar-refractivity contribution in [1.29, 1.82) is 0 Å². The zero-order valence-corrected chi connectivity index (χ0v) is 17.0. The highest BCUT2D eigenvalue weighted by molar-refractivity contribution is 6.07. The minimum atomic E-state index is -1.51. The maximum absolute atomic E-state index is 13.1. The van der Waals surface area contributed by atoms with E-state index in [9.17, 15) is 19.2 Å². The van der Waals surface area contributed by atoms with Gasteiger partial charge in [0.15, 0.2) is 5.60 Å². The van der Waals surface area contributed by atoms with Gasteiger partial charge in [-0.2, -0.15) is 0 Å². The Morgan fingerprint density at radius 2 is 1.73 bits per heavy atom. The second kappa shape index (κ2) is 7.98. The largest absolute Gasteiger partial charge is 0.465 e. The molecule has 0 aliphatic carbocycles. The minimum Gasteiger partial charge on any atom is -0.465 e. The number of fused-ring (bicyclic) bond motifs is 1. The third-order valence-electron chi connectivity index (χ3n) is 4.90. The number of carbonyl (C=O) groups is 4. The van der Waals surface area contributed by atoms with Crippen molar-refractivity contribution in [1.82, 2.24) is 0 Å². The molecule has 1 amide bonds. The molecule has 1 aliphatic rings. The van der Waals surface area contributed by atoms with Crippen LogP contribution in [0, 0.1) is 6.92 Å². The lowest BCUT2D eigenvalue weighted by Crippen LogP contribution is -2.49. The topological polar surface area (TPSA) is 108 Å². The molecule has 0 fully saturated rings. The van der Waals surface area contributed by atoms with Crippen LogP contribution in [0.1, 0.15) is 49.1 Å². The molecule has 0 unspecified atom stereocenters. The highest BCUT2D eigenvalue weighted by Gasteiger charge is 2.43. The molecule has 1 atom stereocenters. The number of methoxy groups -OCH3 is 2. The number of ether oxygens (including phenoxy) is 3. The number of nitrogens with one attached hydrogen (secondary N) is 1. The molecule has 0 saturated heterocycles. The van der Waals surface area contributed by atoms with Crippen LogP contribution < -0.4 is 5.32 Å². The molecule has 0 radical (unpaired) electrons. The molecule has 8 heteroatoms. The van der Waals surface area contributed by atoms with Crippen LogP contribution in [-0.2, 0) is 25.4 Å². The monoisotopic (exact) mass is 411 g/mol. The van der Waals surface area contributed by atoms with Gasteiger partial charge >= 0.3 is 17.9 Å². The summed E-state index contributed by atoms with van der Waals surface area (Å²) in [7, 11) is 2.42. The van der Waals surface area contributed by atoms with E-state index in [0.717, 1.165) is 5.56 Å². The number of cyclic esters (lactones) is 1. The number of amides is 1. The first kappa shape index (κ1) is 21.0. The smallest absolute Gasteiger partial charge is 0.339 e. The number of esters is 3. The van der Waals surface area contributed by atoms with Crippen molar-refractivity contribution in [2.45, 2.75) is 25.9 Å². The summed E-state index contributed by atoms with van der Waals surface area (Å²) < 4.78 is 14.9. The first-order valence-corrected chi connectivity index (χ1v) is 9.13. The van der Waals surface area contributed by atoms with Crippen LogP contribution in [0.2, 0.25) is 0 Å². The summed E-state index contributed by atoms with van der Waals surface area (Å²) in [5.41, 5.74) is 0.765. The lowest BCUT2D eigenvalue weighted by atomic mass is 9.88. The Labute approximate surface area is 173 Å². The molecule has 1 aliphatic heterocycles. The summed E-state index contributed by atoms with van der Waals surface area (Å²) in [6.07, 6.45) is 0.159. The van der Waals surface area contributed by atoms with E-state index in [1.165, 1.54) is 39.3 Å². The first-order chi connectivity index (χ1) is 14.2. The molecule has 0 bridgehead atoms. The molecule has 1 N–H and O–H groups in total. The lowest BCUT2D eigenvalue weighted by Gasteiger charge is -2.33. The average Bonchev–Trinajstić information content (AvgIpc) is 2.72. The molecular formula is C22H21NO7. The number of aryl methyl sites for hydroxylation is 1. The zero-order chi connectivity index (χ0) is 22.1. The van der Waals surface area contributed by atoms with Crippen molar-refractivity contribution in [2.24, 2.45) is 0 Å². The van der Waals surface area contributed by atoms with Crippen LogP contribution in [0.25, 0.3) is 0 Å². The van der Waals surface area contributed by atoms with Gasteiger partial charge in [0.2, 0.25) is 0 Å². The molecule has 30 heavy (non-hydrogen) atoms. The highest BCUT2D eigenvalue weighted by Crippen LogP contribution is 2.31. The number of hydrogen-bond acceptors (Lipinski definition) is 7. The van der Waals surface area contributed by atoms with Gasteiger partial charge in [0.1, 0.15) is 0 Å². The van der Waals surface area contributed by atoms with Crippen LogP contribution in [0.15, 0.2) is 36.4 Å². The van der Waals surface area contributed by atoms with E-state index in [-0.39, 0.29) is 23.2 Å². The van der Waals surface area contributed by atoms with Crippen molar-refractivity contribution in [3.05, 3.63) is 64.2 Å². The van der Waals surface area contributed by atoms with Gasteiger partial charge in [0.25, 0.3) is 5.91 Å². The molecule has 8 nitrogen and oxygen atoms in total. The van der Waals surface area contributed by atoms with E-state index >= 15 is 0 Å². The molecule has 1 heterocycles. The predicted octanol–water partition coefficient (Wildman–Crippen LogP) is 2.68. The van der Waals surface area contributed by atoms with E-state index < -0.39 is 29.4 Å². The molecule has 3 rings (SSSR count). The Morgan fingerprint density at radius 1 is 1.03 bits per heavy atom. The highest BCUT2D eigenvalue weighted by atomic mass is 16.6. The van der Waals surface area contributed by atoms with E-state index in [0.29, 0.717) is 11.1 Å². The fourth-order valence-corrected chi connectivity index (χ4v) is 3.29. The van der Waals surface area contributed by atoms with Crippen LogP contribution in [-0.4, -0.2) is 43.6 Å². The van der Waals surface area contributed by atoms with Gasteiger partial charge in [-0.15, -0.1) is 0 Å². The normalized spacial score (nSPS) is 17.4. The van der Waals surface area contributed by atoms with E-state index in [4.69, 9.17) is 9.47 Å². The number of hydrogen-bond donors (Lipinski definition) is 1. The zero-order valence-electron chi connectivity index (χ0n) is 17.0. The molecule has 2 aromatic rings. The van der Waals surface area contributed by atoms with E-state index in [1.54, 1.807) is 12.1 Å². The number of carbonyl (C=O) groups excluding carboxylic acids is 4. The van der Waals surface area contributed by atoms with Crippen molar-refractivity contribution >= 4 is 29.5 Å². The maximum Gasteiger partial charge on any atom is 0.339 e. The molecule has 0 aromatic heterocycles. The van der Waals surface area contributed by atoms with Crippen LogP contribution >= 0.6 is 0 Å². The van der Waals surface area contributed by atoms with Gasteiger partial charge in [-0.1, -0.05) is 17.7 Å². The SMILES string of the molecule is COC(=O)c1ccc(C(=O)OC)c(NC(=O)[C@]2(C)Cc3cc(C)ccc3C(=O)O2)c1. The Morgan fingerprint density at radius 3 is 2.40 bits per heavy atom. The molecule has 156 valence electrons. The Balaban J connectivity index is 1.95. The Bertz CT molecular complexity index is 1060. The third kappa shape index (κ3) is 3.89. The van der Waals surface area contributed by atoms with Crippen molar-refractivity contribution < 1.29 is 33.4 Å². The summed E-state index contributed by atoms with van der Waals surface area (Å²) in [5.74, 6) is -2.59. The van der Waals surface area contributed by atoms with Crippen molar-refractivity contribution in [3.63, 3.8) is 0 Å². The van der Waals surface area contributed by atoms with Crippen molar-refractivity contribution in [2.75, 3.05) is 19.5 Å². The maximum atomic E-state index is 13.1. The number of benzene rings is 2. The predicted molar refractivity (Wildman–Crippen MR) is 106 cm³/mol. The Hall–Kier alpha value is -3.68. The van der Waals surface area contributed by atoms with E-state index in [1.807, 2.05) is 13.0 Å². The molecule has 0 spiro atoms. The molecule has 2 aromatic carbocycles. The third-order valence-corrected chi connectivity index (χ3v) is 4.90. The van der Waals surface area contributed by atoms with Gasteiger partial charge in [0, 0.05) is 6.42 Å². The fourth-order valence-electron chi connectivity index (χ4n) is 3.29. The van der Waals surface area contributed by atoms with Crippen molar-refractivity contribution in [3.8, 4) is 0 Å². The fraction of sp³-hybridized carbons (Fsp3) is 0.273. The first-order valence-electron chi connectivity index (χ1n) is 9.13. The van der Waals surface area contributed by atoms with Gasteiger partial charge in [-0.05, 0) is 43.7 Å². The lowest BCUT2D eigenvalue weighted by molar-refractivity contribution is -0.134. The molecular weight excluding hydrogens is 390 g/mol. The van der Waals surface area contributed by atoms with Gasteiger partial charge in [-0.25, -0.2) is 14.4 Å². The minimum absolute atomic E-state index is 0.0421. The summed E-state index contributed by atoms with van der Waals surface area (Å²) in [5, 5.41) is 2.60. The summed E-state index contributed by atoms with van der Waals surface area (Å²) in [4.78, 5) is 49.5. The Kier molecular flexibility index (Phi) is 5.60. The van der Waals surface area contributed by atoms with Crippen LogP contribution in [0.4, 0.5) is 5.69 Å². The van der Waals surface area contributed by atoms with Gasteiger partial charge < -0.3 is 19.5 Å². The van der Waals surface area contributed by atoms with E-state index in [2.05, 4.69) is 10.1 Å². The summed E-state index contributed by atoms with van der Waals surface area (Å²) in [6, 6.07) is 9.33. The van der Waals surface area contributed by atoms with Gasteiger partial charge in [-0.3, -0.25) is 4.79 Å². The van der Waals surface area contributed by atoms with Gasteiger partial charge in [0.05, 0.1) is 36.6 Å². The molecule has 0 saturated carbocycles.